The molecule has 0 aliphatic rings. The molecule has 0 fully saturated rings. The number of thiophene rings is 1. The molecule has 0 saturated carbocycles. The molecule has 1 N–H and O–H groups in total. The van der Waals surface area contributed by atoms with Crippen molar-refractivity contribution >= 4 is 17.3 Å². The molecule has 0 spiro atoms. The van der Waals surface area contributed by atoms with Crippen molar-refractivity contribution in [2.45, 2.75) is 26.2 Å². The van der Waals surface area contributed by atoms with Crippen LogP contribution in [0.5, 0.6) is 0 Å². The van der Waals surface area contributed by atoms with E-state index in [4.69, 9.17) is 5.11 Å². The molecule has 3 nitrogen and oxygen atoms in total. The molecular weight excluding hydrogens is 224 g/mol. The van der Waals surface area contributed by atoms with Crippen LogP contribution in [-0.4, -0.2) is 24.8 Å². The molecule has 1 atom stereocenters. The van der Waals surface area contributed by atoms with Gasteiger partial charge in [0.2, 0.25) is 0 Å². The van der Waals surface area contributed by atoms with E-state index in [1.165, 1.54) is 23.3 Å². The minimum Gasteiger partial charge on any atom is -0.465 e. The van der Waals surface area contributed by atoms with Gasteiger partial charge in [-0.25, -0.2) is 4.79 Å². The highest BCUT2D eigenvalue weighted by Gasteiger charge is 2.10. The van der Waals surface area contributed by atoms with Gasteiger partial charge in [0.15, 0.2) is 0 Å². The lowest BCUT2D eigenvalue weighted by Crippen LogP contribution is -2.05. The quantitative estimate of drug-likeness (QED) is 0.780. The fourth-order valence-corrected chi connectivity index (χ4v) is 2.43. The molecule has 1 rings (SSSR count). The first-order valence-electron chi connectivity index (χ1n) is 5.49. The van der Waals surface area contributed by atoms with E-state index in [0.29, 0.717) is 10.8 Å². The Kier molecular flexibility index (Phi) is 5.49. The third kappa shape index (κ3) is 3.61. The maximum absolute atomic E-state index is 11.2. The van der Waals surface area contributed by atoms with Gasteiger partial charge in [-0.1, -0.05) is 13.3 Å². The molecular formula is C12H18O3S. The Bertz CT molecular complexity index is 329. The predicted molar refractivity (Wildman–Crippen MR) is 64.8 cm³/mol. The maximum atomic E-state index is 11.2. The van der Waals surface area contributed by atoms with Gasteiger partial charge < -0.3 is 9.84 Å². The van der Waals surface area contributed by atoms with Crippen molar-refractivity contribution in [3.05, 3.63) is 21.9 Å². The predicted octanol–water partition coefficient (Wildman–Crippen LogP) is 2.49. The molecule has 0 aliphatic carbocycles. The van der Waals surface area contributed by atoms with Crippen LogP contribution in [0, 0.1) is 5.92 Å². The van der Waals surface area contributed by atoms with Gasteiger partial charge in [-0.05, 0) is 30.9 Å². The van der Waals surface area contributed by atoms with Crippen LogP contribution in [-0.2, 0) is 11.2 Å². The largest absolute Gasteiger partial charge is 0.465 e. The van der Waals surface area contributed by atoms with E-state index in [1.54, 1.807) is 6.07 Å². The summed E-state index contributed by atoms with van der Waals surface area (Å²) < 4.78 is 4.65. The minimum absolute atomic E-state index is 0.242. The molecule has 4 heteroatoms. The van der Waals surface area contributed by atoms with Crippen molar-refractivity contribution < 1.29 is 14.6 Å². The van der Waals surface area contributed by atoms with Crippen LogP contribution in [0.2, 0.25) is 0 Å². The van der Waals surface area contributed by atoms with Crippen molar-refractivity contribution in [1.29, 1.82) is 0 Å². The zero-order valence-electron chi connectivity index (χ0n) is 9.73. The summed E-state index contributed by atoms with van der Waals surface area (Å²) in [5.74, 6) is 0.0918. The molecule has 1 heterocycles. The molecule has 0 aromatic carbocycles. The summed E-state index contributed by atoms with van der Waals surface area (Å²) in [7, 11) is 1.39. The number of carbonyl (C=O) groups excluding carboxylic acids is 1. The zero-order valence-corrected chi connectivity index (χ0v) is 10.5. The number of rotatable bonds is 6. The number of hydrogen-bond acceptors (Lipinski definition) is 4. The molecule has 0 bridgehead atoms. The number of hydrogen-bond donors (Lipinski definition) is 1. The lowest BCUT2D eigenvalue weighted by atomic mass is 10.0. The number of aliphatic hydroxyl groups is 1. The number of esters is 1. The Labute approximate surface area is 100 Å². The second-order valence-corrected chi connectivity index (χ2v) is 4.92. The smallest absolute Gasteiger partial charge is 0.348 e. The third-order valence-corrected chi connectivity index (χ3v) is 3.81. The number of carbonyl (C=O) groups is 1. The van der Waals surface area contributed by atoms with Crippen LogP contribution in [0.15, 0.2) is 12.1 Å². The van der Waals surface area contributed by atoms with Crippen molar-refractivity contribution in [3.8, 4) is 0 Å². The molecule has 1 aromatic heterocycles. The average molecular weight is 242 g/mol. The van der Waals surface area contributed by atoms with E-state index in [2.05, 4.69) is 11.7 Å². The number of ether oxygens (including phenoxy) is 1. The summed E-state index contributed by atoms with van der Waals surface area (Å²) >= 11 is 1.47. The van der Waals surface area contributed by atoms with Crippen LogP contribution in [0.3, 0.4) is 0 Å². The normalized spacial score (nSPS) is 12.4. The van der Waals surface area contributed by atoms with Gasteiger partial charge in [-0.15, -0.1) is 11.3 Å². The minimum atomic E-state index is -0.273. The van der Waals surface area contributed by atoms with E-state index >= 15 is 0 Å². The molecule has 0 amide bonds. The van der Waals surface area contributed by atoms with E-state index in [0.717, 1.165) is 19.3 Å². The van der Waals surface area contributed by atoms with Gasteiger partial charge in [0, 0.05) is 11.5 Å². The number of methoxy groups -OCH3 is 1. The average Bonchev–Trinajstić information content (AvgIpc) is 2.78. The van der Waals surface area contributed by atoms with Gasteiger partial charge in [-0.2, -0.15) is 0 Å². The van der Waals surface area contributed by atoms with Crippen LogP contribution in [0.25, 0.3) is 0 Å². The van der Waals surface area contributed by atoms with E-state index in [1.807, 2.05) is 6.07 Å². The standard InChI is InChI=1S/C12H18O3S/c1-3-9(8-13)4-5-10-6-7-11(16-10)12(14)15-2/h6-7,9,13H,3-5,8H2,1-2H3. The Morgan fingerprint density at radius 3 is 2.88 bits per heavy atom. The zero-order chi connectivity index (χ0) is 12.0. The third-order valence-electron chi connectivity index (χ3n) is 2.68. The van der Waals surface area contributed by atoms with Crippen molar-refractivity contribution in [1.82, 2.24) is 0 Å². The Hall–Kier alpha value is -0.870. The van der Waals surface area contributed by atoms with Gasteiger partial charge in [0.25, 0.3) is 0 Å². The summed E-state index contributed by atoms with van der Waals surface area (Å²) in [6, 6.07) is 3.76. The number of aryl methyl sites for hydroxylation is 1. The van der Waals surface area contributed by atoms with E-state index in [-0.39, 0.29) is 12.6 Å². The van der Waals surface area contributed by atoms with E-state index < -0.39 is 0 Å². The maximum Gasteiger partial charge on any atom is 0.348 e. The Morgan fingerprint density at radius 1 is 1.56 bits per heavy atom. The topological polar surface area (TPSA) is 46.5 Å². The molecule has 90 valence electrons. The van der Waals surface area contributed by atoms with Gasteiger partial charge in [0.1, 0.15) is 4.88 Å². The highest BCUT2D eigenvalue weighted by Crippen LogP contribution is 2.21. The van der Waals surface area contributed by atoms with Crippen LogP contribution < -0.4 is 0 Å². The molecule has 1 aromatic rings. The molecule has 0 aliphatic heterocycles. The summed E-state index contributed by atoms with van der Waals surface area (Å²) in [5.41, 5.74) is 0. The van der Waals surface area contributed by atoms with Crippen molar-refractivity contribution in [2.75, 3.05) is 13.7 Å². The van der Waals surface area contributed by atoms with Crippen molar-refractivity contribution in [2.24, 2.45) is 5.92 Å². The first-order chi connectivity index (χ1) is 7.71. The molecule has 16 heavy (non-hydrogen) atoms. The second kappa shape index (κ2) is 6.66. The lowest BCUT2D eigenvalue weighted by Gasteiger charge is -2.09. The first kappa shape index (κ1) is 13.2. The summed E-state index contributed by atoms with van der Waals surface area (Å²) in [6.07, 6.45) is 2.88. The molecule has 0 saturated heterocycles. The molecule has 0 radical (unpaired) electrons. The summed E-state index contributed by atoms with van der Waals surface area (Å²) in [5, 5.41) is 9.06. The summed E-state index contributed by atoms with van der Waals surface area (Å²) in [4.78, 5) is 13.0. The fourth-order valence-electron chi connectivity index (χ4n) is 1.49. The van der Waals surface area contributed by atoms with Gasteiger partial charge in [0.05, 0.1) is 7.11 Å². The van der Waals surface area contributed by atoms with Gasteiger partial charge >= 0.3 is 5.97 Å². The Morgan fingerprint density at radius 2 is 2.31 bits per heavy atom. The fraction of sp³-hybridized carbons (Fsp3) is 0.583. The second-order valence-electron chi connectivity index (χ2n) is 3.75. The van der Waals surface area contributed by atoms with Crippen LogP contribution >= 0.6 is 11.3 Å². The highest BCUT2D eigenvalue weighted by atomic mass is 32.1. The SMILES string of the molecule is CCC(CO)CCc1ccc(C(=O)OC)s1. The van der Waals surface area contributed by atoms with Gasteiger partial charge in [-0.3, -0.25) is 0 Å². The number of aliphatic hydroxyl groups excluding tert-OH is 1. The molecule has 1 unspecified atom stereocenters. The highest BCUT2D eigenvalue weighted by molar-refractivity contribution is 7.13. The van der Waals surface area contributed by atoms with Crippen molar-refractivity contribution in [3.63, 3.8) is 0 Å². The van der Waals surface area contributed by atoms with Crippen LogP contribution in [0.4, 0.5) is 0 Å². The first-order valence-corrected chi connectivity index (χ1v) is 6.30. The van der Waals surface area contributed by atoms with E-state index in [9.17, 15) is 4.79 Å². The Balaban J connectivity index is 2.49. The lowest BCUT2D eigenvalue weighted by molar-refractivity contribution is 0.0606. The van der Waals surface area contributed by atoms with Crippen LogP contribution in [0.1, 0.15) is 34.3 Å². The monoisotopic (exact) mass is 242 g/mol. The summed E-state index contributed by atoms with van der Waals surface area (Å²) in [6.45, 7) is 2.32.